The van der Waals surface area contributed by atoms with Gasteiger partial charge in [0.2, 0.25) is 0 Å². The van der Waals surface area contributed by atoms with Crippen LogP contribution in [-0.4, -0.2) is 14.1 Å². The van der Waals surface area contributed by atoms with E-state index in [0.29, 0.717) is 5.92 Å². The fraction of sp³-hybridized carbons (Fsp3) is 0.588. The number of nitrogens with one attached hydrogen (secondary N) is 1. The molecule has 1 aromatic rings. The van der Waals surface area contributed by atoms with Gasteiger partial charge >= 0.3 is 0 Å². The van der Waals surface area contributed by atoms with Crippen molar-refractivity contribution in [3.8, 4) is 0 Å². The maximum absolute atomic E-state index is 12.3. The maximum Gasteiger partial charge on any atom is 0.276 e. The second-order valence-corrected chi connectivity index (χ2v) is 8.81. The average molecular weight is 318 g/mol. The van der Waals surface area contributed by atoms with Crippen molar-refractivity contribution in [2.24, 2.45) is 28.8 Å². The van der Waals surface area contributed by atoms with Gasteiger partial charge in [-0.1, -0.05) is 17.7 Å². The SMILES string of the molecule is Cc1ccc(S(=O)(=O)NN=C2CC3CCC4CC2CC34)cc1. The van der Waals surface area contributed by atoms with Gasteiger partial charge in [0, 0.05) is 5.71 Å². The topological polar surface area (TPSA) is 58.5 Å². The van der Waals surface area contributed by atoms with Gasteiger partial charge in [0.15, 0.2) is 0 Å². The lowest BCUT2D eigenvalue weighted by Crippen LogP contribution is -2.28. The molecule has 3 aliphatic rings. The maximum atomic E-state index is 12.3. The molecule has 118 valence electrons. The van der Waals surface area contributed by atoms with Gasteiger partial charge in [0.25, 0.3) is 10.0 Å². The van der Waals surface area contributed by atoms with Gasteiger partial charge in [0.05, 0.1) is 4.90 Å². The zero-order valence-electron chi connectivity index (χ0n) is 12.8. The lowest BCUT2D eigenvalue weighted by atomic mass is 9.80. The van der Waals surface area contributed by atoms with Crippen LogP contribution in [0, 0.1) is 30.6 Å². The molecule has 0 aromatic heterocycles. The van der Waals surface area contributed by atoms with Gasteiger partial charge in [-0.15, -0.1) is 0 Å². The van der Waals surface area contributed by atoms with Crippen LogP contribution >= 0.6 is 0 Å². The summed E-state index contributed by atoms with van der Waals surface area (Å²) in [5.74, 6) is 3.01. The molecular formula is C17H22N2O2S. The first-order valence-electron chi connectivity index (χ1n) is 8.18. The number of hydrazone groups is 1. The largest absolute Gasteiger partial charge is 0.276 e. The van der Waals surface area contributed by atoms with E-state index in [1.54, 1.807) is 12.1 Å². The van der Waals surface area contributed by atoms with Gasteiger partial charge in [-0.05, 0) is 74.8 Å². The van der Waals surface area contributed by atoms with E-state index in [2.05, 4.69) is 9.93 Å². The van der Waals surface area contributed by atoms with Crippen LogP contribution < -0.4 is 4.83 Å². The minimum absolute atomic E-state index is 0.282. The number of aryl methyl sites for hydroxylation is 1. The van der Waals surface area contributed by atoms with Crippen LogP contribution in [0.2, 0.25) is 0 Å². The molecule has 0 spiro atoms. The summed E-state index contributed by atoms with van der Waals surface area (Å²) in [7, 11) is -3.54. The number of hydrogen-bond donors (Lipinski definition) is 1. The van der Waals surface area contributed by atoms with E-state index >= 15 is 0 Å². The van der Waals surface area contributed by atoms with Gasteiger partial charge in [-0.25, -0.2) is 4.83 Å². The molecule has 1 aromatic carbocycles. The normalized spacial score (nSPS) is 35.0. The first-order chi connectivity index (χ1) is 10.5. The molecular weight excluding hydrogens is 296 g/mol. The van der Waals surface area contributed by atoms with Crippen LogP contribution in [0.4, 0.5) is 0 Å². The minimum atomic E-state index is -3.54. The van der Waals surface area contributed by atoms with Crippen molar-refractivity contribution in [1.29, 1.82) is 0 Å². The van der Waals surface area contributed by atoms with Crippen molar-refractivity contribution < 1.29 is 8.42 Å². The standard InChI is InChI=1S/C17H22N2O2S/c1-11-2-6-15(7-3-11)22(20,21)19-18-17-10-13-5-4-12-8-14(17)9-16(12)13/h2-3,6-7,12-14,16,19H,4-5,8-10H2,1H3. The number of hydrogen-bond acceptors (Lipinski definition) is 3. The van der Waals surface area contributed by atoms with E-state index in [1.165, 1.54) is 25.7 Å². The quantitative estimate of drug-likeness (QED) is 0.871. The first-order valence-corrected chi connectivity index (χ1v) is 9.66. The molecule has 0 saturated heterocycles. The van der Waals surface area contributed by atoms with E-state index in [4.69, 9.17) is 0 Å². The molecule has 4 unspecified atom stereocenters. The lowest BCUT2D eigenvalue weighted by molar-refractivity contribution is 0.343. The van der Waals surface area contributed by atoms with Gasteiger partial charge < -0.3 is 0 Å². The Bertz CT molecular complexity index is 707. The van der Waals surface area contributed by atoms with Crippen molar-refractivity contribution in [3.05, 3.63) is 29.8 Å². The second kappa shape index (κ2) is 5.08. The third-order valence-corrected chi connectivity index (χ3v) is 7.07. The Morgan fingerprint density at radius 3 is 2.59 bits per heavy atom. The van der Waals surface area contributed by atoms with Crippen LogP contribution in [-0.2, 0) is 10.0 Å². The summed E-state index contributed by atoms with van der Waals surface area (Å²) < 4.78 is 24.7. The Hall–Kier alpha value is -1.36. The molecule has 3 aliphatic carbocycles. The zero-order chi connectivity index (χ0) is 15.3. The van der Waals surface area contributed by atoms with E-state index in [9.17, 15) is 8.42 Å². The molecule has 3 fully saturated rings. The molecule has 5 heteroatoms. The summed E-state index contributed by atoms with van der Waals surface area (Å²) in [6, 6.07) is 6.88. The number of sulfonamides is 1. The summed E-state index contributed by atoms with van der Waals surface area (Å²) in [6.45, 7) is 1.94. The molecule has 0 aliphatic heterocycles. The van der Waals surface area contributed by atoms with Crippen molar-refractivity contribution in [3.63, 3.8) is 0 Å². The number of fused-ring (bicyclic) bond motifs is 1. The first kappa shape index (κ1) is 14.2. The molecule has 2 bridgehead atoms. The number of benzene rings is 1. The van der Waals surface area contributed by atoms with E-state index in [1.807, 2.05) is 19.1 Å². The van der Waals surface area contributed by atoms with Crippen molar-refractivity contribution in [1.82, 2.24) is 4.83 Å². The zero-order valence-corrected chi connectivity index (χ0v) is 13.6. The summed E-state index contributed by atoms with van der Waals surface area (Å²) in [5, 5.41) is 4.33. The third-order valence-electron chi connectivity index (χ3n) is 5.85. The predicted octanol–water partition coefficient (Wildman–Crippen LogP) is 3.09. The Morgan fingerprint density at radius 2 is 1.82 bits per heavy atom. The molecule has 0 heterocycles. The van der Waals surface area contributed by atoms with Crippen LogP contribution in [0.25, 0.3) is 0 Å². The van der Waals surface area contributed by atoms with Crippen LogP contribution in [0.15, 0.2) is 34.3 Å². The molecule has 4 rings (SSSR count). The number of rotatable bonds is 3. The van der Waals surface area contributed by atoms with Gasteiger partial charge in [-0.2, -0.15) is 13.5 Å². The van der Waals surface area contributed by atoms with Crippen molar-refractivity contribution in [2.45, 2.75) is 43.9 Å². The molecule has 0 amide bonds. The van der Waals surface area contributed by atoms with Gasteiger partial charge in [-0.3, -0.25) is 0 Å². The summed E-state index contributed by atoms with van der Waals surface area (Å²) in [4.78, 5) is 2.75. The van der Waals surface area contributed by atoms with Crippen molar-refractivity contribution in [2.75, 3.05) is 0 Å². The highest BCUT2D eigenvalue weighted by Crippen LogP contribution is 2.55. The summed E-state index contributed by atoms with van der Waals surface area (Å²) in [5.41, 5.74) is 2.13. The Balaban J connectivity index is 1.53. The molecule has 4 atom stereocenters. The van der Waals surface area contributed by atoms with Crippen LogP contribution in [0.1, 0.15) is 37.7 Å². The fourth-order valence-electron chi connectivity index (χ4n) is 4.70. The Labute approximate surface area is 132 Å². The predicted molar refractivity (Wildman–Crippen MR) is 86.0 cm³/mol. The fourth-order valence-corrected chi connectivity index (χ4v) is 5.53. The van der Waals surface area contributed by atoms with E-state index in [0.717, 1.165) is 35.4 Å². The van der Waals surface area contributed by atoms with E-state index in [-0.39, 0.29) is 4.90 Å². The smallest absolute Gasteiger partial charge is 0.200 e. The molecule has 4 nitrogen and oxygen atoms in total. The minimum Gasteiger partial charge on any atom is -0.200 e. The van der Waals surface area contributed by atoms with Crippen molar-refractivity contribution >= 4 is 15.7 Å². The molecule has 0 radical (unpaired) electrons. The van der Waals surface area contributed by atoms with Crippen LogP contribution in [0.3, 0.4) is 0 Å². The molecule has 3 saturated carbocycles. The van der Waals surface area contributed by atoms with Gasteiger partial charge in [0.1, 0.15) is 0 Å². The molecule has 22 heavy (non-hydrogen) atoms. The molecule has 1 N–H and O–H groups in total. The lowest BCUT2D eigenvalue weighted by Gasteiger charge is -2.27. The number of nitrogens with zero attached hydrogens (tertiary/aromatic N) is 1. The summed E-state index contributed by atoms with van der Waals surface area (Å²) in [6.07, 6.45) is 6.09. The third kappa shape index (κ3) is 2.35. The summed E-state index contributed by atoms with van der Waals surface area (Å²) >= 11 is 0. The Kier molecular flexibility index (Phi) is 3.29. The monoisotopic (exact) mass is 318 g/mol. The highest BCUT2D eigenvalue weighted by Gasteiger charge is 2.49. The van der Waals surface area contributed by atoms with Crippen LogP contribution in [0.5, 0.6) is 0 Å². The average Bonchev–Trinajstić information content (AvgIpc) is 3.02. The highest BCUT2D eigenvalue weighted by molar-refractivity contribution is 7.89. The van der Waals surface area contributed by atoms with E-state index < -0.39 is 10.0 Å². The second-order valence-electron chi connectivity index (χ2n) is 7.14. The Morgan fingerprint density at radius 1 is 1.09 bits per heavy atom. The highest BCUT2D eigenvalue weighted by atomic mass is 32.2.